The quantitative estimate of drug-likeness (QED) is 0.397. The Bertz CT molecular complexity index is 1250. The van der Waals surface area contributed by atoms with Crippen molar-refractivity contribution < 1.29 is 32.2 Å². The zero-order chi connectivity index (χ0) is 25.9. The lowest BCUT2D eigenvalue weighted by Crippen LogP contribution is -2.49. The largest absolute Gasteiger partial charge is 0.454 e. The standard InChI is InChI=1S/C23H22F3N5O4S/c1-3-12(2)18(28-21(33)27-15-7-5-14(6-8-15)23(24,25)26)19(32)29-22-31-30-20(36-22)13-4-9-16-17(10-13)35-11-34-16/h4-10,12,18H,3,11H2,1-2H3,(H2,27,28,33)(H,29,31,32). The van der Waals surface area contributed by atoms with E-state index < -0.39 is 29.7 Å². The highest BCUT2D eigenvalue weighted by atomic mass is 32.1. The van der Waals surface area contributed by atoms with Crippen molar-refractivity contribution in [3.8, 4) is 22.1 Å². The predicted octanol–water partition coefficient (Wildman–Crippen LogP) is 5.13. The van der Waals surface area contributed by atoms with Crippen LogP contribution in [-0.4, -0.2) is 35.0 Å². The van der Waals surface area contributed by atoms with E-state index in [1.165, 1.54) is 0 Å². The molecule has 3 amide bonds. The van der Waals surface area contributed by atoms with Crippen molar-refractivity contribution in [1.29, 1.82) is 0 Å². The Labute approximate surface area is 208 Å². The van der Waals surface area contributed by atoms with Crippen LogP contribution in [0.15, 0.2) is 42.5 Å². The average Bonchev–Trinajstić information content (AvgIpc) is 3.50. The molecule has 190 valence electrons. The van der Waals surface area contributed by atoms with Gasteiger partial charge in [0.1, 0.15) is 11.0 Å². The number of aromatic nitrogens is 2. The molecule has 3 N–H and O–H groups in total. The van der Waals surface area contributed by atoms with Crippen molar-refractivity contribution in [2.24, 2.45) is 5.92 Å². The van der Waals surface area contributed by atoms with Crippen molar-refractivity contribution in [2.75, 3.05) is 17.4 Å². The highest BCUT2D eigenvalue weighted by molar-refractivity contribution is 7.18. The Morgan fingerprint density at radius 1 is 1.06 bits per heavy atom. The van der Waals surface area contributed by atoms with Crippen LogP contribution in [0.4, 0.5) is 28.8 Å². The van der Waals surface area contributed by atoms with Gasteiger partial charge in [-0.2, -0.15) is 13.2 Å². The Balaban J connectivity index is 1.40. The van der Waals surface area contributed by atoms with Gasteiger partial charge in [-0.05, 0) is 48.4 Å². The van der Waals surface area contributed by atoms with E-state index in [0.717, 1.165) is 41.2 Å². The monoisotopic (exact) mass is 521 g/mol. The van der Waals surface area contributed by atoms with E-state index in [1.54, 1.807) is 25.1 Å². The SMILES string of the molecule is CCC(C)C(NC(=O)Nc1ccc(C(F)(F)F)cc1)C(=O)Nc1nnc(-c2ccc3c(c2)OCO3)s1. The van der Waals surface area contributed by atoms with E-state index in [-0.39, 0.29) is 23.5 Å². The van der Waals surface area contributed by atoms with Crippen LogP contribution in [0, 0.1) is 5.92 Å². The fraction of sp³-hybridized carbons (Fsp3) is 0.304. The van der Waals surface area contributed by atoms with Crippen LogP contribution in [0.3, 0.4) is 0 Å². The number of halogens is 3. The van der Waals surface area contributed by atoms with Crippen molar-refractivity contribution in [1.82, 2.24) is 15.5 Å². The number of hydrogen-bond acceptors (Lipinski definition) is 7. The molecule has 9 nitrogen and oxygen atoms in total. The summed E-state index contributed by atoms with van der Waals surface area (Å²) in [6, 6.07) is 7.67. The van der Waals surface area contributed by atoms with Gasteiger partial charge < -0.3 is 20.1 Å². The molecule has 0 spiro atoms. The number of carbonyl (C=O) groups is 2. The molecule has 2 atom stereocenters. The molecule has 2 aromatic carbocycles. The topological polar surface area (TPSA) is 114 Å². The molecule has 0 bridgehead atoms. The maximum absolute atomic E-state index is 13.0. The summed E-state index contributed by atoms with van der Waals surface area (Å²) in [7, 11) is 0. The van der Waals surface area contributed by atoms with Gasteiger partial charge in [0.2, 0.25) is 17.8 Å². The summed E-state index contributed by atoms with van der Waals surface area (Å²) >= 11 is 1.15. The summed E-state index contributed by atoms with van der Waals surface area (Å²) in [5.74, 6) is 0.479. The van der Waals surface area contributed by atoms with Crippen molar-refractivity contribution in [3.05, 3.63) is 48.0 Å². The van der Waals surface area contributed by atoms with Crippen LogP contribution in [0.25, 0.3) is 10.6 Å². The number of carbonyl (C=O) groups excluding carboxylic acids is 2. The van der Waals surface area contributed by atoms with Crippen LogP contribution in [0.2, 0.25) is 0 Å². The average molecular weight is 522 g/mol. The second-order valence-electron chi connectivity index (χ2n) is 8.01. The number of hydrogen-bond donors (Lipinski definition) is 3. The number of nitrogens with zero attached hydrogens (tertiary/aromatic N) is 2. The minimum Gasteiger partial charge on any atom is -0.454 e. The number of fused-ring (bicyclic) bond motifs is 1. The van der Waals surface area contributed by atoms with E-state index >= 15 is 0 Å². The van der Waals surface area contributed by atoms with E-state index in [1.807, 2.05) is 6.92 Å². The first-order chi connectivity index (χ1) is 17.1. The second kappa shape index (κ2) is 10.4. The zero-order valence-corrected chi connectivity index (χ0v) is 20.0. The molecular formula is C23H22F3N5O4S. The minimum atomic E-state index is -4.48. The minimum absolute atomic E-state index is 0.145. The first kappa shape index (κ1) is 25.2. The maximum Gasteiger partial charge on any atom is 0.416 e. The smallest absolute Gasteiger partial charge is 0.416 e. The summed E-state index contributed by atoms with van der Waals surface area (Å²) in [6.07, 6.45) is -3.90. The van der Waals surface area contributed by atoms with E-state index in [4.69, 9.17) is 9.47 Å². The molecule has 3 aromatic rings. The third-order valence-electron chi connectivity index (χ3n) is 5.53. The molecule has 2 unspecified atom stereocenters. The van der Waals surface area contributed by atoms with E-state index in [0.29, 0.717) is 22.9 Å². The van der Waals surface area contributed by atoms with Gasteiger partial charge in [0.25, 0.3) is 0 Å². The molecular weight excluding hydrogens is 499 g/mol. The lowest BCUT2D eigenvalue weighted by atomic mass is 9.98. The molecule has 0 saturated heterocycles. The molecule has 0 aliphatic carbocycles. The van der Waals surface area contributed by atoms with Crippen LogP contribution in [0.5, 0.6) is 11.5 Å². The number of nitrogens with one attached hydrogen (secondary N) is 3. The van der Waals surface area contributed by atoms with Crippen LogP contribution in [0.1, 0.15) is 25.8 Å². The summed E-state index contributed by atoms with van der Waals surface area (Å²) in [6.45, 7) is 3.80. The van der Waals surface area contributed by atoms with Gasteiger partial charge in [0, 0.05) is 11.3 Å². The van der Waals surface area contributed by atoms with E-state index in [9.17, 15) is 22.8 Å². The normalized spacial score (nSPS) is 14.1. The number of urea groups is 1. The number of ether oxygens (including phenoxy) is 2. The second-order valence-corrected chi connectivity index (χ2v) is 8.98. The van der Waals surface area contributed by atoms with Gasteiger partial charge in [0.15, 0.2) is 11.5 Å². The highest BCUT2D eigenvalue weighted by Gasteiger charge is 2.30. The lowest BCUT2D eigenvalue weighted by molar-refractivity contribution is -0.137. The van der Waals surface area contributed by atoms with Gasteiger partial charge in [-0.1, -0.05) is 31.6 Å². The molecule has 4 rings (SSSR count). The predicted molar refractivity (Wildman–Crippen MR) is 127 cm³/mol. The van der Waals surface area contributed by atoms with Crippen molar-refractivity contribution in [3.63, 3.8) is 0 Å². The molecule has 36 heavy (non-hydrogen) atoms. The fourth-order valence-electron chi connectivity index (χ4n) is 3.36. The zero-order valence-electron chi connectivity index (χ0n) is 19.2. The van der Waals surface area contributed by atoms with Gasteiger partial charge in [-0.25, -0.2) is 4.79 Å². The Morgan fingerprint density at radius 2 is 1.78 bits per heavy atom. The molecule has 13 heteroatoms. The van der Waals surface area contributed by atoms with Crippen molar-refractivity contribution >= 4 is 34.1 Å². The van der Waals surface area contributed by atoms with Gasteiger partial charge >= 0.3 is 12.2 Å². The van der Waals surface area contributed by atoms with Crippen molar-refractivity contribution in [2.45, 2.75) is 32.5 Å². The van der Waals surface area contributed by atoms with Gasteiger partial charge in [-0.15, -0.1) is 10.2 Å². The van der Waals surface area contributed by atoms with Crippen LogP contribution in [-0.2, 0) is 11.0 Å². The summed E-state index contributed by atoms with van der Waals surface area (Å²) in [4.78, 5) is 25.5. The Morgan fingerprint density at radius 3 is 2.47 bits per heavy atom. The fourth-order valence-corrected chi connectivity index (χ4v) is 4.10. The number of amides is 3. The van der Waals surface area contributed by atoms with Gasteiger partial charge in [0.05, 0.1) is 5.56 Å². The highest BCUT2D eigenvalue weighted by Crippen LogP contribution is 2.37. The molecule has 0 radical (unpaired) electrons. The summed E-state index contributed by atoms with van der Waals surface area (Å²) in [5.41, 5.74) is 0.0635. The van der Waals surface area contributed by atoms with Crippen LogP contribution < -0.4 is 25.4 Å². The molecule has 2 heterocycles. The van der Waals surface area contributed by atoms with Gasteiger partial charge in [-0.3, -0.25) is 10.1 Å². The number of rotatable bonds is 7. The third-order valence-corrected chi connectivity index (χ3v) is 6.41. The molecule has 1 aliphatic heterocycles. The number of alkyl halides is 3. The maximum atomic E-state index is 13.0. The Hall–Kier alpha value is -3.87. The van der Waals surface area contributed by atoms with Crippen LogP contribution >= 0.6 is 11.3 Å². The molecule has 0 saturated carbocycles. The Kier molecular flexibility index (Phi) is 7.29. The number of anilines is 2. The molecule has 0 fully saturated rings. The molecule has 1 aliphatic rings. The van der Waals surface area contributed by atoms with E-state index in [2.05, 4.69) is 26.1 Å². The number of benzene rings is 2. The lowest BCUT2D eigenvalue weighted by Gasteiger charge is -2.23. The first-order valence-corrected chi connectivity index (χ1v) is 11.7. The first-order valence-electron chi connectivity index (χ1n) is 10.9. The third kappa shape index (κ3) is 5.85. The molecule has 1 aromatic heterocycles. The summed E-state index contributed by atoms with van der Waals surface area (Å²) < 4.78 is 48.9. The summed E-state index contributed by atoms with van der Waals surface area (Å²) in [5, 5.41) is 16.6.